The Labute approximate surface area is 176 Å². The van der Waals surface area contributed by atoms with Crippen molar-refractivity contribution in [2.45, 2.75) is 19.0 Å². The van der Waals surface area contributed by atoms with Crippen LogP contribution in [0.1, 0.15) is 11.1 Å². The fraction of sp³-hybridized carbons (Fsp3) is 0.364. The molecule has 3 rings (SSSR count). The van der Waals surface area contributed by atoms with Crippen molar-refractivity contribution in [2.24, 2.45) is 0 Å². The minimum Gasteiger partial charge on any atom is -0.508 e. The summed E-state index contributed by atoms with van der Waals surface area (Å²) in [5, 5.41) is 18.2. The van der Waals surface area contributed by atoms with Crippen LogP contribution >= 0.6 is 0 Å². The maximum absolute atomic E-state index is 12.6. The van der Waals surface area contributed by atoms with Crippen molar-refractivity contribution >= 4 is 17.6 Å². The molecular formula is C22H28N4O4. The number of hydrogen-bond donors (Lipinski definition) is 4. The van der Waals surface area contributed by atoms with Crippen molar-refractivity contribution in [1.29, 1.82) is 0 Å². The van der Waals surface area contributed by atoms with E-state index in [0.717, 1.165) is 17.7 Å². The molecule has 1 heterocycles. The summed E-state index contributed by atoms with van der Waals surface area (Å²) in [6.45, 7) is 3.04. The van der Waals surface area contributed by atoms with Crippen molar-refractivity contribution in [3.05, 3.63) is 59.7 Å². The predicted molar refractivity (Wildman–Crippen MR) is 114 cm³/mol. The maximum atomic E-state index is 12.6. The number of anilines is 1. The van der Waals surface area contributed by atoms with E-state index in [0.29, 0.717) is 38.3 Å². The van der Waals surface area contributed by atoms with Gasteiger partial charge >= 0.3 is 6.03 Å². The van der Waals surface area contributed by atoms with E-state index in [2.05, 4.69) is 16.0 Å². The average molecular weight is 412 g/mol. The normalized spacial score (nSPS) is 16.2. The van der Waals surface area contributed by atoms with Gasteiger partial charge in [-0.3, -0.25) is 4.79 Å². The fourth-order valence-electron chi connectivity index (χ4n) is 3.33. The summed E-state index contributed by atoms with van der Waals surface area (Å²) >= 11 is 0. The van der Waals surface area contributed by atoms with Gasteiger partial charge in [0.1, 0.15) is 5.75 Å². The van der Waals surface area contributed by atoms with E-state index in [4.69, 9.17) is 4.74 Å². The first-order valence-electron chi connectivity index (χ1n) is 9.95. The Morgan fingerprint density at radius 1 is 1.13 bits per heavy atom. The number of carbonyl (C=O) groups excluding carboxylic acids is 2. The van der Waals surface area contributed by atoms with Crippen LogP contribution in [0.2, 0.25) is 0 Å². The summed E-state index contributed by atoms with van der Waals surface area (Å²) in [5.41, 5.74) is 2.44. The number of nitrogens with one attached hydrogen (secondary N) is 3. The Balaban J connectivity index is 1.45. The van der Waals surface area contributed by atoms with E-state index in [9.17, 15) is 14.7 Å². The number of phenolic OH excluding ortho intramolecular Hbond substituents is 1. The molecule has 0 radical (unpaired) electrons. The second-order valence-electron chi connectivity index (χ2n) is 7.29. The lowest BCUT2D eigenvalue weighted by molar-refractivity contribution is -0.131. The number of piperazine rings is 1. The largest absolute Gasteiger partial charge is 0.508 e. The zero-order valence-corrected chi connectivity index (χ0v) is 17.1. The van der Waals surface area contributed by atoms with Gasteiger partial charge in [0.15, 0.2) is 0 Å². The number of benzene rings is 2. The molecule has 1 saturated heterocycles. The van der Waals surface area contributed by atoms with Crippen LogP contribution in [0.5, 0.6) is 5.75 Å². The number of carbonyl (C=O) groups is 2. The van der Waals surface area contributed by atoms with Crippen molar-refractivity contribution in [3.63, 3.8) is 0 Å². The van der Waals surface area contributed by atoms with Gasteiger partial charge in [0, 0.05) is 45.0 Å². The highest BCUT2D eigenvalue weighted by atomic mass is 16.5. The second kappa shape index (κ2) is 10.6. The molecule has 1 atom stereocenters. The van der Waals surface area contributed by atoms with Gasteiger partial charge in [0.2, 0.25) is 5.91 Å². The number of aromatic hydroxyl groups is 1. The van der Waals surface area contributed by atoms with Gasteiger partial charge in [0.05, 0.1) is 13.0 Å². The minimum atomic E-state index is -0.322. The van der Waals surface area contributed by atoms with Gasteiger partial charge in [-0.2, -0.15) is 0 Å². The Hall–Kier alpha value is -3.10. The van der Waals surface area contributed by atoms with Crippen LogP contribution in [-0.2, 0) is 22.5 Å². The van der Waals surface area contributed by atoms with Crippen LogP contribution in [0.3, 0.4) is 0 Å². The van der Waals surface area contributed by atoms with Crippen LogP contribution in [0.25, 0.3) is 0 Å². The molecule has 0 bridgehead atoms. The third-order valence-electron chi connectivity index (χ3n) is 4.93. The van der Waals surface area contributed by atoms with E-state index >= 15 is 0 Å². The molecule has 4 N–H and O–H groups in total. The summed E-state index contributed by atoms with van der Waals surface area (Å²) in [5.74, 6) is 0.276. The van der Waals surface area contributed by atoms with E-state index < -0.39 is 0 Å². The number of amides is 3. The van der Waals surface area contributed by atoms with Crippen molar-refractivity contribution in [1.82, 2.24) is 15.5 Å². The first-order chi connectivity index (χ1) is 14.5. The van der Waals surface area contributed by atoms with Gasteiger partial charge in [-0.1, -0.05) is 24.3 Å². The number of ether oxygens (including phenoxy) is 1. The number of hydrogen-bond acceptors (Lipinski definition) is 5. The minimum absolute atomic E-state index is 0.0879. The Bertz CT molecular complexity index is 837. The van der Waals surface area contributed by atoms with Gasteiger partial charge in [-0.15, -0.1) is 0 Å². The highest BCUT2D eigenvalue weighted by molar-refractivity contribution is 5.89. The standard InChI is InChI=1S/C22H28N4O4/c1-30-15-19-14-26(11-10-23-19)21(28)12-16-2-6-18(7-3-16)25-22(29)24-13-17-4-8-20(27)9-5-17/h2-9,19,23,27H,10-15H2,1H3,(H2,24,25,29). The third-order valence-corrected chi connectivity index (χ3v) is 4.93. The van der Waals surface area contributed by atoms with Crippen LogP contribution < -0.4 is 16.0 Å². The molecule has 0 aromatic heterocycles. The van der Waals surface area contributed by atoms with Gasteiger partial charge < -0.3 is 30.7 Å². The molecule has 3 amide bonds. The lowest BCUT2D eigenvalue weighted by Crippen LogP contribution is -2.54. The molecule has 1 fully saturated rings. The molecule has 30 heavy (non-hydrogen) atoms. The fourth-order valence-corrected chi connectivity index (χ4v) is 3.33. The molecule has 8 nitrogen and oxygen atoms in total. The van der Waals surface area contributed by atoms with Crippen LogP contribution in [0.4, 0.5) is 10.5 Å². The lowest BCUT2D eigenvalue weighted by Gasteiger charge is -2.33. The molecule has 1 unspecified atom stereocenters. The summed E-state index contributed by atoms with van der Waals surface area (Å²) in [6, 6.07) is 13.8. The SMILES string of the molecule is COCC1CN(C(=O)Cc2ccc(NC(=O)NCc3ccc(O)cc3)cc2)CCN1. The Morgan fingerprint density at radius 2 is 1.83 bits per heavy atom. The number of methoxy groups -OCH3 is 1. The molecule has 2 aromatic rings. The topological polar surface area (TPSA) is 103 Å². The first kappa shape index (κ1) is 21.6. The number of urea groups is 1. The van der Waals surface area contributed by atoms with Gasteiger partial charge in [-0.05, 0) is 35.4 Å². The molecule has 0 aliphatic carbocycles. The van der Waals surface area contributed by atoms with Crippen molar-refractivity contribution in [3.8, 4) is 5.75 Å². The summed E-state index contributed by atoms with van der Waals surface area (Å²) in [4.78, 5) is 26.5. The maximum Gasteiger partial charge on any atom is 0.319 e. The summed E-state index contributed by atoms with van der Waals surface area (Å²) in [7, 11) is 1.66. The lowest BCUT2D eigenvalue weighted by atomic mass is 10.1. The molecule has 2 aromatic carbocycles. The quantitative estimate of drug-likeness (QED) is 0.554. The van der Waals surface area contributed by atoms with Crippen LogP contribution in [0, 0.1) is 0 Å². The van der Waals surface area contributed by atoms with Crippen molar-refractivity contribution < 1.29 is 19.4 Å². The van der Waals surface area contributed by atoms with Crippen molar-refractivity contribution in [2.75, 3.05) is 38.7 Å². The monoisotopic (exact) mass is 412 g/mol. The highest BCUT2D eigenvalue weighted by Gasteiger charge is 2.23. The number of phenols is 1. The zero-order valence-electron chi connectivity index (χ0n) is 17.1. The van der Waals surface area contributed by atoms with Gasteiger partial charge in [0.25, 0.3) is 0 Å². The Morgan fingerprint density at radius 3 is 2.53 bits per heavy atom. The zero-order chi connectivity index (χ0) is 21.3. The highest BCUT2D eigenvalue weighted by Crippen LogP contribution is 2.13. The van der Waals surface area contributed by atoms with Crippen LogP contribution in [-0.4, -0.2) is 61.3 Å². The molecule has 1 aliphatic rings. The molecule has 160 valence electrons. The molecule has 8 heteroatoms. The Kier molecular flexibility index (Phi) is 7.64. The number of rotatable bonds is 7. The average Bonchev–Trinajstić information content (AvgIpc) is 2.75. The van der Waals surface area contributed by atoms with E-state index in [1.165, 1.54) is 0 Å². The van der Waals surface area contributed by atoms with E-state index in [1.54, 1.807) is 43.5 Å². The summed E-state index contributed by atoms with van der Waals surface area (Å²) < 4.78 is 5.17. The third kappa shape index (κ3) is 6.47. The molecule has 0 saturated carbocycles. The molecular weight excluding hydrogens is 384 g/mol. The summed E-state index contributed by atoms with van der Waals surface area (Å²) in [6.07, 6.45) is 0.326. The van der Waals surface area contributed by atoms with E-state index in [-0.39, 0.29) is 23.7 Å². The smallest absolute Gasteiger partial charge is 0.319 e. The number of nitrogens with zero attached hydrogens (tertiary/aromatic N) is 1. The van der Waals surface area contributed by atoms with Crippen LogP contribution in [0.15, 0.2) is 48.5 Å². The predicted octanol–water partition coefficient (Wildman–Crippen LogP) is 1.70. The molecule has 1 aliphatic heterocycles. The van der Waals surface area contributed by atoms with E-state index in [1.807, 2.05) is 17.0 Å². The molecule has 0 spiro atoms. The first-order valence-corrected chi connectivity index (χ1v) is 9.95. The second-order valence-corrected chi connectivity index (χ2v) is 7.29. The van der Waals surface area contributed by atoms with Gasteiger partial charge in [-0.25, -0.2) is 4.79 Å².